The molecule has 3 aromatic heterocycles. The van der Waals surface area contributed by atoms with Gasteiger partial charge in [-0.25, -0.2) is 13.4 Å². The molecular formula is C20H26N6O3S2. The molecule has 3 heterocycles. The highest BCUT2D eigenvalue weighted by atomic mass is 32.2. The van der Waals surface area contributed by atoms with Gasteiger partial charge in [0.2, 0.25) is 15.0 Å². The molecule has 0 unspecified atom stereocenters. The SMILES string of the molecule is CSc1nnc(CCCNC(=O)c2nc(S(C)(=O)=O)n3ccccc23)n1C1CCCC1. The lowest BCUT2D eigenvalue weighted by molar-refractivity contribution is 0.0950. The van der Waals surface area contributed by atoms with E-state index < -0.39 is 9.84 Å². The minimum Gasteiger partial charge on any atom is -0.351 e. The van der Waals surface area contributed by atoms with Crippen LogP contribution in [0.5, 0.6) is 0 Å². The number of sulfone groups is 1. The minimum absolute atomic E-state index is 0.111. The van der Waals surface area contributed by atoms with Crippen LogP contribution in [-0.2, 0) is 16.3 Å². The molecule has 1 N–H and O–H groups in total. The van der Waals surface area contributed by atoms with E-state index in [1.54, 1.807) is 36.2 Å². The Labute approximate surface area is 185 Å². The Morgan fingerprint density at radius 3 is 2.74 bits per heavy atom. The number of aromatic nitrogens is 5. The van der Waals surface area contributed by atoms with Gasteiger partial charge in [-0.2, -0.15) is 0 Å². The zero-order valence-corrected chi connectivity index (χ0v) is 19.2. The van der Waals surface area contributed by atoms with Crippen molar-refractivity contribution in [1.82, 2.24) is 29.5 Å². The van der Waals surface area contributed by atoms with Crippen molar-refractivity contribution in [2.24, 2.45) is 0 Å². The van der Waals surface area contributed by atoms with E-state index in [0.717, 1.165) is 30.1 Å². The number of nitrogens with zero attached hydrogens (tertiary/aromatic N) is 5. The van der Waals surface area contributed by atoms with Crippen molar-refractivity contribution in [1.29, 1.82) is 0 Å². The van der Waals surface area contributed by atoms with Crippen molar-refractivity contribution in [2.45, 2.75) is 54.9 Å². The first-order valence-electron chi connectivity index (χ1n) is 10.3. The van der Waals surface area contributed by atoms with Gasteiger partial charge in [0.15, 0.2) is 10.9 Å². The highest BCUT2D eigenvalue weighted by molar-refractivity contribution is 7.98. The summed E-state index contributed by atoms with van der Waals surface area (Å²) in [6.45, 7) is 0.436. The fourth-order valence-corrected chi connectivity index (χ4v) is 5.46. The third-order valence-electron chi connectivity index (χ3n) is 5.53. The Morgan fingerprint density at radius 2 is 2.03 bits per heavy atom. The molecule has 0 saturated heterocycles. The van der Waals surface area contributed by atoms with Gasteiger partial charge in [-0.05, 0) is 37.7 Å². The highest BCUT2D eigenvalue weighted by Crippen LogP contribution is 2.33. The monoisotopic (exact) mass is 462 g/mol. The van der Waals surface area contributed by atoms with E-state index >= 15 is 0 Å². The van der Waals surface area contributed by atoms with Gasteiger partial charge in [0.05, 0.1) is 5.52 Å². The van der Waals surface area contributed by atoms with Crippen molar-refractivity contribution in [3.8, 4) is 0 Å². The first kappa shape index (κ1) is 21.8. The lowest BCUT2D eigenvalue weighted by Gasteiger charge is -2.16. The second-order valence-corrected chi connectivity index (χ2v) is 10.4. The predicted octanol–water partition coefficient (Wildman–Crippen LogP) is 2.53. The first-order chi connectivity index (χ1) is 14.9. The molecule has 0 atom stereocenters. The van der Waals surface area contributed by atoms with Gasteiger partial charge in [-0.1, -0.05) is 30.7 Å². The highest BCUT2D eigenvalue weighted by Gasteiger charge is 2.24. The Bertz CT molecular complexity index is 1190. The number of rotatable bonds is 8. The Hall–Kier alpha value is -2.40. The van der Waals surface area contributed by atoms with Crippen LogP contribution in [0, 0.1) is 0 Å². The van der Waals surface area contributed by atoms with E-state index in [-0.39, 0.29) is 16.8 Å². The summed E-state index contributed by atoms with van der Waals surface area (Å²) in [6.07, 6.45) is 10.9. The van der Waals surface area contributed by atoms with E-state index in [9.17, 15) is 13.2 Å². The molecule has 1 fully saturated rings. The lowest BCUT2D eigenvalue weighted by atomic mass is 10.2. The maximum Gasteiger partial charge on any atom is 0.272 e. The standard InChI is InChI=1S/C20H26N6O3S2/c1-30-19-24-23-16(26(19)14-8-3-4-9-14)11-7-12-21-18(27)17-15-10-5-6-13-25(15)20(22-17)31(2,28)29/h5-6,10,13-14H,3-4,7-9,11-12H2,1-2H3,(H,21,27). The Morgan fingerprint density at radius 1 is 1.26 bits per heavy atom. The maximum atomic E-state index is 12.7. The van der Waals surface area contributed by atoms with Crippen LogP contribution in [0.15, 0.2) is 34.7 Å². The van der Waals surface area contributed by atoms with Gasteiger partial charge in [0, 0.05) is 31.5 Å². The van der Waals surface area contributed by atoms with E-state index in [4.69, 9.17) is 0 Å². The third-order valence-corrected chi connectivity index (χ3v) is 7.13. The van der Waals surface area contributed by atoms with E-state index in [1.165, 1.54) is 17.2 Å². The molecule has 0 aliphatic heterocycles. The number of thioether (sulfide) groups is 1. The van der Waals surface area contributed by atoms with Crippen LogP contribution >= 0.6 is 11.8 Å². The zero-order chi connectivity index (χ0) is 22.0. The van der Waals surface area contributed by atoms with Gasteiger partial charge in [0.1, 0.15) is 5.82 Å². The van der Waals surface area contributed by atoms with Crippen molar-refractivity contribution in [3.63, 3.8) is 0 Å². The largest absolute Gasteiger partial charge is 0.351 e. The number of carbonyl (C=O) groups excluding carboxylic acids is 1. The molecule has 1 aliphatic carbocycles. The number of fused-ring (bicyclic) bond motifs is 1. The summed E-state index contributed by atoms with van der Waals surface area (Å²) in [5.41, 5.74) is 0.575. The quantitative estimate of drug-likeness (QED) is 0.404. The van der Waals surface area contributed by atoms with Crippen LogP contribution in [0.25, 0.3) is 5.52 Å². The number of hydrogen-bond acceptors (Lipinski definition) is 7. The lowest BCUT2D eigenvalue weighted by Crippen LogP contribution is -2.25. The maximum absolute atomic E-state index is 12.7. The van der Waals surface area contributed by atoms with Gasteiger partial charge in [0.25, 0.3) is 5.91 Å². The number of aryl methyl sites for hydroxylation is 1. The van der Waals surface area contributed by atoms with Crippen LogP contribution < -0.4 is 5.32 Å². The van der Waals surface area contributed by atoms with Crippen LogP contribution in [0.4, 0.5) is 0 Å². The van der Waals surface area contributed by atoms with Gasteiger partial charge in [-0.15, -0.1) is 10.2 Å². The third kappa shape index (κ3) is 4.47. The van der Waals surface area contributed by atoms with Crippen molar-refractivity contribution in [2.75, 3.05) is 19.1 Å². The summed E-state index contributed by atoms with van der Waals surface area (Å²) in [7, 11) is -3.56. The van der Waals surface area contributed by atoms with E-state index in [1.807, 2.05) is 6.26 Å². The number of imidazole rings is 1. The van der Waals surface area contributed by atoms with Crippen LogP contribution in [-0.4, -0.2) is 57.5 Å². The second kappa shape index (κ2) is 8.99. The normalized spacial score (nSPS) is 15.0. The van der Waals surface area contributed by atoms with Gasteiger partial charge in [-0.3, -0.25) is 9.20 Å². The summed E-state index contributed by atoms with van der Waals surface area (Å²) in [4.78, 5) is 16.8. The Balaban J connectivity index is 1.43. The number of hydrogen-bond donors (Lipinski definition) is 1. The molecule has 0 bridgehead atoms. The summed E-state index contributed by atoms with van der Waals surface area (Å²) in [5.74, 6) is 0.568. The van der Waals surface area contributed by atoms with E-state index in [0.29, 0.717) is 30.9 Å². The summed E-state index contributed by atoms with van der Waals surface area (Å²) < 4.78 is 27.8. The average molecular weight is 463 g/mol. The number of amides is 1. The van der Waals surface area contributed by atoms with Gasteiger partial charge < -0.3 is 9.88 Å². The van der Waals surface area contributed by atoms with Crippen molar-refractivity contribution >= 4 is 33.0 Å². The van der Waals surface area contributed by atoms with Crippen molar-refractivity contribution in [3.05, 3.63) is 35.9 Å². The predicted molar refractivity (Wildman–Crippen MR) is 118 cm³/mol. The molecule has 9 nitrogen and oxygen atoms in total. The first-order valence-corrected chi connectivity index (χ1v) is 13.4. The molecule has 31 heavy (non-hydrogen) atoms. The summed E-state index contributed by atoms with van der Waals surface area (Å²) in [5, 5.41) is 12.4. The zero-order valence-electron chi connectivity index (χ0n) is 17.6. The fraction of sp³-hybridized carbons (Fsp3) is 0.500. The summed E-state index contributed by atoms with van der Waals surface area (Å²) in [6, 6.07) is 5.60. The Kier molecular flexibility index (Phi) is 6.33. The van der Waals surface area contributed by atoms with Crippen LogP contribution in [0.3, 0.4) is 0 Å². The topological polar surface area (TPSA) is 111 Å². The molecule has 0 radical (unpaired) electrons. The van der Waals surface area contributed by atoms with Crippen molar-refractivity contribution < 1.29 is 13.2 Å². The molecular weight excluding hydrogens is 436 g/mol. The number of carbonyl (C=O) groups is 1. The molecule has 1 aliphatic rings. The second-order valence-electron chi connectivity index (χ2n) is 7.74. The minimum atomic E-state index is -3.56. The summed E-state index contributed by atoms with van der Waals surface area (Å²) >= 11 is 1.61. The van der Waals surface area contributed by atoms with Crippen LogP contribution in [0.2, 0.25) is 0 Å². The molecule has 1 amide bonds. The fourth-order valence-electron chi connectivity index (χ4n) is 4.12. The molecule has 0 spiro atoms. The molecule has 0 aromatic carbocycles. The van der Waals surface area contributed by atoms with Gasteiger partial charge >= 0.3 is 0 Å². The number of pyridine rings is 1. The number of nitrogens with one attached hydrogen (secondary N) is 1. The molecule has 166 valence electrons. The average Bonchev–Trinajstić information content (AvgIpc) is 3.48. The molecule has 3 aromatic rings. The van der Waals surface area contributed by atoms with E-state index in [2.05, 4.69) is 25.1 Å². The molecule has 1 saturated carbocycles. The molecule has 4 rings (SSSR count). The van der Waals surface area contributed by atoms with Crippen LogP contribution in [0.1, 0.15) is 54.5 Å². The molecule has 11 heteroatoms. The smallest absolute Gasteiger partial charge is 0.272 e.